The number of rotatable bonds is 1. The molecule has 1 amide bonds. The van der Waals surface area contributed by atoms with E-state index in [2.05, 4.69) is 4.98 Å². The van der Waals surface area contributed by atoms with Crippen molar-refractivity contribution in [2.24, 2.45) is 17.6 Å². The summed E-state index contributed by atoms with van der Waals surface area (Å²) in [6, 6.07) is 4.03. The molecule has 2 fully saturated rings. The first-order valence-electron chi connectivity index (χ1n) is 6.62. The van der Waals surface area contributed by atoms with Crippen LogP contribution in [0.2, 0.25) is 0 Å². The van der Waals surface area contributed by atoms with E-state index in [0.717, 1.165) is 25.2 Å². The van der Waals surface area contributed by atoms with Crippen LogP contribution in [0.5, 0.6) is 0 Å². The van der Waals surface area contributed by atoms with Crippen molar-refractivity contribution < 1.29 is 4.79 Å². The average Bonchev–Trinajstić information content (AvgIpc) is 2.92. The zero-order chi connectivity index (χ0) is 12.7. The van der Waals surface area contributed by atoms with Gasteiger partial charge in [-0.2, -0.15) is 0 Å². The van der Waals surface area contributed by atoms with Crippen molar-refractivity contribution in [3.05, 3.63) is 29.6 Å². The predicted octanol–water partition coefficient (Wildman–Crippen LogP) is 1.20. The third-order valence-corrected chi connectivity index (χ3v) is 4.36. The Hall–Kier alpha value is -1.42. The zero-order valence-electron chi connectivity index (χ0n) is 10.7. The molecule has 0 unspecified atom stereocenters. The van der Waals surface area contributed by atoms with Crippen LogP contribution in [0.1, 0.15) is 28.9 Å². The second-order valence-electron chi connectivity index (χ2n) is 5.56. The van der Waals surface area contributed by atoms with Gasteiger partial charge in [0.25, 0.3) is 5.91 Å². The number of likely N-dealkylation sites (tertiary alicyclic amines) is 1. The van der Waals surface area contributed by atoms with Gasteiger partial charge in [0.15, 0.2) is 0 Å². The summed E-state index contributed by atoms with van der Waals surface area (Å²) in [6.07, 6.45) is 3.96. The van der Waals surface area contributed by atoms with Gasteiger partial charge in [-0.25, -0.2) is 0 Å². The van der Waals surface area contributed by atoms with Crippen LogP contribution in [-0.2, 0) is 0 Å². The van der Waals surface area contributed by atoms with Crippen LogP contribution >= 0.6 is 0 Å². The summed E-state index contributed by atoms with van der Waals surface area (Å²) >= 11 is 0. The maximum atomic E-state index is 12.3. The van der Waals surface area contributed by atoms with Crippen LogP contribution in [0.3, 0.4) is 0 Å². The van der Waals surface area contributed by atoms with Crippen molar-refractivity contribution in [3.8, 4) is 0 Å². The van der Waals surface area contributed by atoms with E-state index in [1.165, 1.54) is 6.42 Å². The third kappa shape index (κ3) is 1.90. The molecule has 0 aromatic carbocycles. The molecule has 2 aliphatic rings. The van der Waals surface area contributed by atoms with E-state index >= 15 is 0 Å². The maximum absolute atomic E-state index is 12.3. The van der Waals surface area contributed by atoms with Crippen molar-refractivity contribution >= 4 is 5.91 Å². The molecule has 96 valence electrons. The fourth-order valence-corrected chi connectivity index (χ4v) is 3.25. The normalized spacial score (nSPS) is 30.6. The van der Waals surface area contributed by atoms with E-state index in [1.807, 2.05) is 24.0 Å². The highest BCUT2D eigenvalue weighted by Gasteiger charge is 2.42. The summed E-state index contributed by atoms with van der Waals surface area (Å²) in [5, 5.41) is 0. The first-order chi connectivity index (χ1) is 8.65. The van der Waals surface area contributed by atoms with Crippen molar-refractivity contribution in [1.82, 2.24) is 9.88 Å². The summed E-state index contributed by atoms with van der Waals surface area (Å²) < 4.78 is 0. The van der Waals surface area contributed by atoms with Crippen molar-refractivity contribution in [3.63, 3.8) is 0 Å². The number of pyridine rings is 1. The summed E-state index contributed by atoms with van der Waals surface area (Å²) in [5.41, 5.74) is 7.72. The van der Waals surface area contributed by atoms with Gasteiger partial charge < -0.3 is 10.6 Å². The molecule has 1 saturated carbocycles. The summed E-state index contributed by atoms with van der Waals surface area (Å²) in [5.74, 6) is 1.22. The fraction of sp³-hybridized carbons (Fsp3) is 0.571. The second kappa shape index (κ2) is 4.35. The van der Waals surface area contributed by atoms with Crippen LogP contribution in [0.4, 0.5) is 0 Å². The number of nitrogens with two attached hydrogens (primary N) is 1. The Bertz CT molecular complexity index is 457. The molecule has 0 bridgehead atoms. The molecule has 0 spiro atoms. The molecule has 4 heteroatoms. The van der Waals surface area contributed by atoms with Gasteiger partial charge in [-0.3, -0.25) is 9.78 Å². The number of fused-ring (bicyclic) bond motifs is 1. The van der Waals surface area contributed by atoms with Crippen molar-refractivity contribution in [1.29, 1.82) is 0 Å². The fourth-order valence-electron chi connectivity index (χ4n) is 3.25. The maximum Gasteiger partial charge on any atom is 0.255 e. The molecule has 1 aromatic rings. The number of amides is 1. The van der Waals surface area contributed by atoms with E-state index in [9.17, 15) is 4.79 Å². The predicted molar refractivity (Wildman–Crippen MR) is 69.1 cm³/mol. The SMILES string of the molecule is Cc1ccc(C(=O)N2C[C@@H]3CC[C@@H](N)[C@H]3C2)cn1. The number of aryl methyl sites for hydroxylation is 1. The Morgan fingerprint density at radius 2 is 2.22 bits per heavy atom. The lowest BCUT2D eigenvalue weighted by molar-refractivity contribution is 0.0779. The number of aromatic nitrogens is 1. The molecule has 1 saturated heterocycles. The smallest absolute Gasteiger partial charge is 0.255 e. The van der Waals surface area contributed by atoms with E-state index in [4.69, 9.17) is 5.73 Å². The van der Waals surface area contributed by atoms with Crippen LogP contribution in [0.15, 0.2) is 18.3 Å². The summed E-state index contributed by atoms with van der Waals surface area (Å²) in [7, 11) is 0. The Morgan fingerprint density at radius 1 is 1.39 bits per heavy atom. The highest BCUT2D eigenvalue weighted by molar-refractivity contribution is 5.94. The van der Waals surface area contributed by atoms with Gasteiger partial charge in [0.1, 0.15) is 0 Å². The lowest BCUT2D eigenvalue weighted by Crippen LogP contribution is -2.33. The molecule has 2 heterocycles. The first kappa shape index (κ1) is 11.7. The quantitative estimate of drug-likeness (QED) is 0.808. The van der Waals surface area contributed by atoms with Gasteiger partial charge in [-0.15, -0.1) is 0 Å². The number of carbonyl (C=O) groups excluding carboxylic acids is 1. The van der Waals surface area contributed by atoms with Crippen molar-refractivity contribution in [2.45, 2.75) is 25.8 Å². The van der Waals surface area contributed by atoms with Crippen LogP contribution < -0.4 is 5.73 Å². The van der Waals surface area contributed by atoms with Gasteiger partial charge in [-0.1, -0.05) is 0 Å². The largest absolute Gasteiger partial charge is 0.338 e. The topological polar surface area (TPSA) is 59.2 Å². The van der Waals surface area contributed by atoms with Gasteiger partial charge in [-0.05, 0) is 43.7 Å². The first-order valence-corrected chi connectivity index (χ1v) is 6.62. The lowest BCUT2D eigenvalue weighted by atomic mass is 9.98. The van der Waals surface area contributed by atoms with E-state index in [0.29, 0.717) is 17.4 Å². The molecule has 1 aromatic heterocycles. The van der Waals surface area contributed by atoms with Gasteiger partial charge in [0, 0.05) is 31.0 Å². The van der Waals surface area contributed by atoms with Gasteiger partial charge in [0.05, 0.1) is 5.56 Å². The minimum Gasteiger partial charge on any atom is -0.338 e. The zero-order valence-corrected chi connectivity index (χ0v) is 10.7. The highest BCUT2D eigenvalue weighted by atomic mass is 16.2. The molecular weight excluding hydrogens is 226 g/mol. The summed E-state index contributed by atoms with van der Waals surface area (Å²) in [4.78, 5) is 18.5. The molecule has 18 heavy (non-hydrogen) atoms. The standard InChI is InChI=1S/C14H19N3O/c1-9-2-3-10(6-16-9)14(18)17-7-11-4-5-13(15)12(11)8-17/h2-3,6,11-13H,4-5,7-8,15H2,1H3/t11-,12-,13+/m0/s1. The second-order valence-corrected chi connectivity index (χ2v) is 5.56. The molecule has 3 rings (SSSR count). The minimum absolute atomic E-state index is 0.101. The van der Waals surface area contributed by atoms with Crippen molar-refractivity contribution in [2.75, 3.05) is 13.1 Å². The molecule has 4 nitrogen and oxygen atoms in total. The highest BCUT2D eigenvalue weighted by Crippen LogP contribution is 2.37. The van der Waals surface area contributed by atoms with Crippen LogP contribution in [0, 0.1) is 18.8 Å². The lowest BCUT2D eigenvalue weighted by Gasteiger charge is -2.18. The number of hydrogen-bond donors (Lipinski definition) is 1. The number of nitrogens with zero attached hydrogens (tertiary/aromatic N) is 2. The number of hydrogen-bond acceptors (Lipinski definition) is 3. The van der Waals surface area contributed by atoms with E-state index < -0.39 is 0 Å². The Morgan fingerprint density at radius 3 is 2.89 bits per heavy atom. The Kier molecular flexibility index (Phi) is 2.82. The van der Waals surface area contributed by atoms with E-state index in [1.54, 1.807) is 6.20 Å². The molecule has 1 aliphatic carbocycles. The minimum atomic E-state index is 0.101. The molecule has 0 radical (unpaired) electrons. The Labute approximate surface area is 107 Å². The third-order valence-electron chi connectivity index (χ3n) is 4.36. The monoisotopic (exact) mass is 245 g/mol. The molecule has 2 N–H and O–H groups in total. The molecule has 3 atom stereocenters. The van der Waals surface area contributed by atoms with Gasteiger partial charge in [0.2, 0.25) is 0 Å². The van der Waals surface area contributed by atoms with Crippen LogP contribution in [-0.4, -0.2) is 34.9 Å². The molecule has 1 aliphatic heterocycles. The molecular formula is C14H19N3O. The van der Waals surface area contributed by atoms with Gasteiger partial charge >= 0.3 is 0 Å². The summed E-state index contributed by atoms with van der Waals surface area (Å²) in [6.45, 7) is 3.61. The Balaban J connectivity index is 1.73. The number of carbonyl (C=O) groups is 1. The van der Waals surface area contributed by atoms with Crippen LogP contribution in [0.25, 0.3) is 0 Å². The van der Waals surface area contributed by atoms with E-state index in [-0.39, 0.29) is 11.9 Å². The average molecular weight is 245 g/mol.